The molecule has 2 N–H and O–H groups in total. The molecule has 0 saturated carbocycles. The molecule has 4 amide bonds. The highest BCUT2D eigenvalue weighted by atomic mass is 19.1. The number of imide groups is 1. The van der Waals surface area contributed by atoms with Crippen LogP contribution in [0.4, 0.5) is 14.9 Å². The summed E-state index contributed by atoms with van der Waals surface area (Å²) in [6, 6.07) is 12.8. The zero-order valence-corrected chi connectivity index (χ0v) is 14.3. The molecule has 27 heavy (non-hydrogen) atoms. The van der Waals surface area contributed by atoms with Crippen LogP contribution in [0.15, 0.2) is 48.5 Å². The van der Waals surface area contributed by atoms with Gasteiger partial charge < -0.3 is 10.6 Å². The minimum absolute atomic E-state index is 0.224. The Morgan fingerprint density at radius 3 is 2.59 bits per heavy atom. The molecule has 1 aliphatic rings. The molecular formula is C19H15FN4O3. The minimum atomic E-state index is -1.34. The number of carbonyl (C=O) groups is 3. The van der Waals surface area contributed by atoms with Crippen LogP contribution in [0, 0.1) is 17.1 Å². The van der Waals surface area contributed by atoms with Gasteiger partial charge in [0.2, 0.25) is 5.91 Å². The third kappa shape index (κ3) is 3.48. The van der Waals surface area contributed by atoms with E-state index in [-0.39, 0.29) is 5.69 Å². The van der Waals surface area contributed by atoms with E-state index >= 15 is 0 Å². The molecule has 1 saturated heterocycles. The number of urea groups is 1. The summed E-state index contributed by atoms with van der Waals surface area (Å²) >= 11 is 0. The molecule has 1 fully saturated rings. The number of benzene rings is 2. The fourth-order valence-corrected chi connectivity index (χ4v) is 2.82. The number of rotatable bonds is 4. The maximum atomic E-state index is 13.2. The fraction of sp³-hybridized carbons (Fsp3) is 0.158. The van der Waals surface area contributed by atoms with E-state index in [0.717, 1.165) is 11.0 Å². The smallest absolute Gasteiger partial charge is 0.324 e. The van der Waals surface area contributed by atoms with Crippen LogP contribution in [0.5, 0.6) is 0 Å². The van der Waals surface area contributed by atoms with Crippen LogP contribution in [0.25, 0.3) is 0 Å². The lowest BCUT2D eigenvalue weighted by Gasteiger charge is -2.22. The van der Waals surface area contributed by atoms with E-state index in [9.17, 15) is 18.8 Å². The molecule has 1 unspecified atom stereocenters. The van der Waals surface area contributed by atoms with Gasteiger partial charge in [0.15, 0.2) is 0 Å². The third-order valence-corrected chi connectivity index (χ3v) is 4.28. The molecule has 0 bridgehead atoms. The summed E-state index contributed by atoms with van der Waals surface area (Å²) in [5.41, 5.74) is -0.204. The topological polar surface area (TPSA) is 102 Å². The van der Waals surface area contributed by atoms with E-state index in [4.69, 9.17) is 5.26 Å². The highest BCUT2D eigenvalue weighted by Gasteiger charge is 2.49. The van der Waals surface area contributed by atoms with Gasteiger partial charge in [-0.05, 0) is 42.8 Å². The predicted octanol–water partition coefficient (Wildman–Crippen LogP) is 2.10. The van der Waals surface area contributed by atoms with Crippen LogP contribution >= 0.6 is 0 Å². The highest BCUT2D eigenvalue weighted by molar-refractivity contribution is 6.10. The molecule has 0 radical (unpaired) electrons. The number of nitrogens with one attached hydrogen (secondary N) is 2. The Labute approximate surface area is 154 Å². The van der Waals surface area contributed by atoms with Crippen molar-refractivity contribution in [2.45, 2.75) is 12.5 Å². The van der Waals surface area contributed by atoms with Crippen molar-refractivity contribution < 1.29 is 18.8 Å². The number of nitriles is 1. The quantitative estimate of drug-likeness (QED) is 0.809. The number of amides is 4. The van der Waals surface area contributed by atoms with Crippen molar-refractivity contribution in [2.24, 2.45) is 0 Å². The molecular weight excluding hydrogens is 351 g/mol. The molecule has 1 aliphatic heterocycles. The Balaban J connectivity index is 1.75. The van der Waals surface area contributed by atoms with Gasteiger partial charge in [0.1, 0.15) is 17.9 Å². The first kappa shape index (κ1) is 18.1. The predicted molar refractivity (Wildman–Crippen MR) is 93.8 cm³/mol. The second-order valence-corrected chi connectivity index (χ2v) is 6.19. The zero-order chi connectivity index (χ0) is 19.6. The summed E-state index contributed by atoms with van der Waals surface area (Å²) in [4.78, 5) is 38.0. The van der Waals surface area contributed by atoms with Gasteiger partial charge >= 0.3 is 6.03 Å². The lowest BCUT2D eigenvalue weighted by atomic mass is 9.91. The average Bonchev–Trinajstić information content (AvgIpc) is 2.86. The fourth-order valence-electron chi connectivity index (χ4n) is 2.82. The molecule has 1 heterocycles. The van der Waals surface area contributed by atoms with E-state index in [2.05, 4.69) is 10.6 Å². The van der Waals surface area contributed by atoms with E-state index in [0.29, 0.717) is 11.1 Å². The molecule has 0 aliphatic carbocycles. The van der Waals surface area contributed by atoms with Crippen molar-refractivity contribution >= 4 is 23.5 Å². The van der Waals surface area contributed by atoms with Crippen molar-refractivity contribution in [1.82, 2.24) is 10.2 Å². The summed E-state index contributed by atoms with van der Waals surface area (Å²) in [5, 5.41) is 13.9. The summed E-state index contributed by atoms with van der Waals surface area (Å²) in [6.45, 7) is 1.02. The Morgan fingerprint density at radius 1 is 1.26 bits per heavy atom. The van der Waals surface area contributed by atoms with Crippen LogP contribution in [0.1, 0.15) is 18.1 Å². The number of halogens is 1. The summed E-state index contributed by atoms with van der Waals surface area (Å²) in [6.07, 6.45) is 0. The van der Waals surface area contributed by atoms with E-state index in [1.807, 2.05) is 6.07 Å². The number of carbonyl (C=O) groups excluding carboxylic acids is 3. The Bertz CT molecular complexity index is 968. The van der Waals surface area contributed by atoms with Gasteiger partial charge in [-0.3, -0.25) is 14.5 Å². The van der Waals surface area contributed by atoms with Gasteiger partial charge in [-0.25, -0.2) is 9.18 Å². The van der Waals surface area contributed by atoms with E-state index in [1.54, 1.807) is 24.3 Å². The van der Waals surface area contributed by atoms with Gasteiger partial charge in [0.25, 0.3) is 5.91 Å². The molecule has 0 aromatic heterocycles. The maximum Gasteiger partial charge on any atom is 0.325 e. The van der Waals surface area contributed by atoms with Crippen molar-refractivity contribution in [1.29, 1.82) is 5.26 Å². The molecule has 3 rings (SSSR count). The molecule has 136 valence electrons. The number of hydrogen-bond acceptors (Lipinski definition) is 4. The maximum absolute atomic E-state index is 13.2. The first-order valence-corrected chi connectivity index (χ1v) is 8.03. The average molecular weight is 366 g/mol. The Kier molecular flexibility index (Phi) is 4.60. The van der Waals surface area contributed by atoms with Crippen LogP contribution < -0.4 is 10.6 Å². The molecule has 0 spiro atoms. The van der Waals surface area contributed by atoms with Crippen LogP contribution in [-0.4, -0.2) is 29.3 Å². The zero-order valence-electron chi connectivity index (χ0n) is 14.3. The Hall–Kier alpha value is -3.73. The van der Waals surface area contributed by atoms with Crippen molar-refractivity contribution in [3.8, 4) is 6.07 Å². The summed E-state index contributed by atoms with van der Waals surface area (Å²) in [5.74, 6) is -1.74. The highest BCUT2D eigenvalue weighted by Crippen LogP contribution is 2.29. The summed E-state index contributed by atoms with van der Waals surface area (Å²) in [7, 11) is 0. The Morgan fingerprint density at radius 2 is 1.96 bits per heavy atom. The lowest BCUT2D eigenvalue weighted by molar-refractivity contribution is -0.133. The van der Waals surface area contributed by atoms with Crippen molar-refractivity contribution in [3.63, 3.8) is 0 Å². The van der Waals surface area contributed by atoms with Crippen molar-refractivity contribution in [2.75, 3.05) is 11.9 Å². The number of nitrogens with zero attached hydrogens (tertiary/aromatic N) is 2. The number of anilines is 1. The van der Waals surface area contributed by atoms with E-state index in [1.165, 1.54) is 25.1 Å². The van der Waals surface area contributed by atoms with Gasteiger partial charge in [0, 0.05) is 5.69 Å². The third-order valence-electron chi connectivity index (χ3n) is 4.28. The van der Waals surface area contributed by atoms with E-state index < -0.39 is 35.7 Å². The standard InChI is InChI=1S/C19H15FN4O3/c1-19(13-7-5-12(10-21)6-8-13)17(26)24(18(27)23-19)11-16(25)22-15-4-2-3-14(20)9-15/h2-9H,11H2,1H3,(H,22,25)(H,23,27). The first-order valence-electron chi connectivity index (χ1n) is 8.03. The largest absolute Gasteiger partial charge is 0.325 e. The monoisotopic (exact) mass is 366 g/mol. The molecule has 7 nitrogen and oxygen atoms in total. The second-order valence-electron chi connectivity index (χ2n) is 6.19. The SMILES string of the molecule is CC1(c2ccc(C#N)cc2)NC(=O)N(CC(=O)Nc2cccc(F)c2)C1=O. The van der Waals surface area contributed by atoms with Crippen molar-refractivity contribution in [3.05, 3.63) is 65.5 Å². The van der Waals surface area contributed by atoms with Crippen LogP contribution in [0.3, 0.4) is 0 Å². The molecule has 2 aromatic carbocycles. The van der Waals surface area contributed by atoms with Gasteiger partial charge in [0.05, 0.1) is 11.6 Å². The first-order chi connectivity index (χ1) is 12.8. The molecule has 2 aromatic rings. The van der Waals surface area contributed by atoms with Gasteiger partial charge in [-0.2, -0.15) is 5.26 Å². The van der Waals surface area contributed by atoms with Crippen LogP contribution in [0.2, 0.25) is 0 Å². The molecule has 8 heteroatoms. The number of hydrogen-bond donors (Lipinski definition) is 2. The summed E-state index contributed by atoms with van der Waals surface area (Å²) < 4.78 is 13.2. The normalized spacial score (nSPS) is 18.8. The van der Waals surface area contributed by atoms with Gasteiger partial charge in [-0.15, -0.1) is 0 Å². The van der Waals surface area contributed by atoms with Gasteiger partial charge in [-0.1, -0.05) is 18.2 Å². The molecule has 1 atom stereocenters. The lowest BCUT2D eigenvalue weighted by Crippen LogP contribution is -2.42. The minimum Gasteiger partial charge on any atom is -0.324 e. The van der Waals surface area contributed by atoms with Crippen LogP contribution in [-0.2, 0) is 15.1 Å². The second kappa shape index (κ2) is 6.88.